The van der Waals surface area contributed by atoms with Gasteiger partial charge in [0.05, 0.1) is 17.9 Å². The normalized spacial score (nSPS) is 12.2. The molecule has 1 unspecified atom stereocenters. The van der Waals surface area contributed by atoms with E-state index < -0.39 is 47.0 Å². The lowest BCUT2D eigenvalue weighted by Gasteiger charge is -2.23. The molecule has 2 aromatic rings. The van der Waals surface area contributed by atoms with E-state index in [9.17, 15) is 32.3 Å². The van der Waals surface area contributed by atoms with Crippen LogP contribution in [0, 0.1) is 12.3 Å². The molecule has 0 bridgehead atoms. The third-order valence-corrected chi connectivity index (χ3v) is 4.74. The zero-order valence-electron chi connectivity index (χ0n) is 19.6. The molecular weight excluding hydrogens is 491 g/mol. The minimum absolute atomic E-state index is 0.166. The number of esters is 1. The number of carboxylic acids is 1. The van der Waals surface area contributed by atoms with Gasteiger partial charge in [0.25, 0.3) is 0 Å². The maximum absolute atomic E-state index is 12.5. The van der Waals surface area contributed by atoms with E-state index in [-0.39, 0.29) is 25.1 Å². The number of nitrogens with two attached hydrogens (primary N) is 2. The number of alkyl halides is 3. The molecule has 1 aromatic heterocycles. The van der Waals surface area contributed by atoms with Crippen LogP contribution >= 0.6 is 0 Å². The van der Waals surface area contributed by atoms with E-state index in [0.717, 1.165) is 10.9 Å². The van der Waals surface area contributed by atoms with Gasteiger partial charge in [0.2, 0.25) is 11.8 Å². The van der Waals surface area contributed by atoms with Crippen LogP contribution in [0.15, 0.2) is 33.5 Å². The first-order valence-corrected chi connectivity index (χ1v) is 10.3. The Labute approximate surface area is 202 Å². The summed E-state index contributed by atoms with van der Waals surface area (Å²) in [7, 11) is 0. The third-order valence-electron chi connectivity index (χ3n) is 4.74. The van der Waals surface area contributed by atoms with Crippen molar-refractivity contribution < 1.29 is 46.6 Å². The van der Waals surface area contributed by atoms with E-state index in [2.05, 4.69) is 5.32 Å². The van der Waals surface area contributed by atoms with Crippen molar-refractivity contribution in [3.63, 3.8) is 0 Å². The number of halogens is 3. The molecule has 0 aliphatic heterocycles. The fourth-order valence-electron chi connectivity index (χ4n) is 2.65. The number of rotatable bonds is 8. The van der Waals surface area contributed by atoms with E-state index in [4.69, 9.17) is 30.5 Å². The molecule has 2 amide bonds. The minimum Gasteiger partial charge on any atom is -0.475 e. The number of ether oxygens (including phenoxy) is 1. The first kappa shape index (κ1) is 30.1. The number of amides is 2. The summed E-state index contributed by atoms with van der Waals surface area (Å²) in [6.45, 7) is 5.31. The summed E-state index contributed by atoms with van der Waals surface area (Å²) < 4.78 is 42.3. The number of aliphatic carboxylic acids is 1. The van der Waals surface area contributed by atoms with Crippen molar-refractivity contribution in [2.24, 2.45) is 16.9 Å². The van der Waals surface area contributed by atoms with Crippen LogP contribution in [0.3, 0.4) is 0 Å². The summed E-state index contributed by atoms with van der Waals surface area (Å²) >= 11 is 0. The molecule has 11 nitrogen and oxygen atoms in total. The molecule has 0 radical (unpaired) electrons. The molecule has 0 spiro atoms. The number of carboxylic acid groups (broad SMARTS) is 1. The van der Waals surface area contributed by atoms with Gasteiger partial charge in [0, 0.05) is 24.1 Å². The van der Waals surface area contributed by atoms with E-state index >= 15 is 0 Å². The molecule has 6 N–H and O–H groups in total. The number of aryl methyl sites for hydroxylation is 1. The monoisotopic (exact) mass is 517 g/mol. The van der Waals surface area contributed by atoms with Gasteiger partial charge in [0.1, 0.15) is 11.3 Å². The Morgan fingerprint density at radius 2 is 1.75 bits per heavy atom. The second kappa shape index (κ2) is 12.2. The lowest BCUT2D eigenvalue weighted by Crippen LogP contribution is -2.44. The SMILES string of the molecule is Cc1cc(=O)oc2cc(OC(=O)C(C)(C)CCNC(=O)C(N)CC(N)=O)ccc12.O=C(O)C(F)(F)F. The summed E-state index contributed by atoms with van der Waals surface area (Å²) in [5, 5.41) is 10.4. The minimum atomic E-state index is -5.08. The Hall–Kier alpha value is -3.94. The van der Waals surface area contributed by atoms with E-state index in [1.165, 1.54) is 12.1 Å². The van der Waals surface area contributed by atoms with E-state index in [1.54, 1.807) is 32.9 Å². The molecule has 0 saturated carbocycles. The fourth-order valence-corrected chi connectivity index (χ4v) is 2.65. The van der Waals surface area contributed by atoms with Crippen LogP contribution in [0.25, 0.3) is 11.0 Å². The highest BCUT2D eigenvalue weighted by atomic mass is 19.4. The molecule has 0 fully saturated rings. The van der Waals surface area contributed by atoms with Gasteiger partial charge >= 0.3 is 23.7 Å². The molecule has 1 aromatic carbocycles. The van der Waals surface area contributed by atoms with Crippen molar-refractivity contribution in [3.8, 4) is 5.75 Å². The topological polar surface area (TPSA) is 192 Å². The van der Waals surface area contributed by atoms with Gasteiger partial charge in [-0.1, -0.05) is 0 Å². The number of hydrogen-bond acceptors (Lipinski definition) is 8. The maximum atomic E-state index is 12.5. The average molecular weight is 517 g/mol. The third kappa shape index (κ3) is 9.37. The Morgan fingerprint density at radius 1 is 1.17 bits per heavy atom. The second-order valence-electron chi connectivity index (χ2n) is 8.30. The zero-order chi connectivity index (χ0) is 27.8. The molecule has 2 rings (SSSR count). The van der Waals surface area contributed by atoms with Gasteiger partial charge in [-0.15, -0.1) is 0 Å². The number of fused-ring (bicyclic) bond motifs is 1. The summed E-state index contributed by atoms with van der Waals surface area (Å²) in [4.78, 5) is 55.6. The zero-order valence-corrected chi connectivity index (χ0v) is 19.6. The molecule has 1 heterocycles. The van der Waals surface area contributed by atoms with Crippen LogP contribution in [0.4, 0.5) is 13.2 Å². The number of hydrogen-bond donors (Lipinski definition) is 4. The van der Waals surface area contributed by atoms with Gasteiger partial charge in [-0.25, -0.2) is 9.59 Å². The standard InChI is InChI=1S/C20H25N3O6.C2HF3O2/c1-11-8-17(25)29-15-9-12(4-5-13(11)15)28-19(27)20(2,3)6-7-23-18(26)14(21)10-16(22)24;3-2(4,5)1(6)7/h4-5,8-9,14H,6-7,10,21H2,1-3H3,(H2,22,24)(H,23,26);(H,6,7). The molecule has 0 aliphatic carbocycles. The van der Waals surface area contributed by atoms with Crippen molar-refractivity contribution in [2.75, 3.05) is 6.54 Å². The molecule has 14 heteroatoms. The lowest BCUT2D eigenvalue weighted by atomic mass is 9.89. The van der Waals surface area contributed by atoms with Gasteiger partial charge in [-0.3, -0.25) is 14.4 Å². The van der Waals surface area contributed by atoms with Crippen LogP contribution < -0.4 is 27.1 Å². The van der Waals surface area contributed by atoms with Crippen molar-refractivity contribution in [1.82, 2.24) is 5.32 Å². The number of nitrogens with one attached hydrogen (secondary N) is 1. The molecule has 36 heavy (non-hydrogen) atoms. The Morgan fingerprint density at radius 3 is 2.28 bits per heavy atom. The molecule has 0 aliphatic rings. The Balaban J connectivity index is 0.000000809. The summed E-state index contributed by atoms with van der Waals surface area (Å²) in [5.41, 5.74) is 10.3. The first-order valence-electron chi connectivity index (χ1n) is 10.3. The number of carbonyl (C=O) groups excluding carboxylic acids is 3. The highest BCUT2D eigenvalue weighted by Gasteiger charge is 2.38. The van der Waals surface area contributed by atoms with Crippen LogP contribution in [0.2, 0.25) is 0 Å². The molecular formula is C22H26F3N3O8. The lowest BCUT2D eigenvalue weighted by molar-refractivity contribution is -0.192. The highest BCUT2D eigenvalue weighted by molar-refractivity contribution is 5.87. The highest BCUT2D eigenvalue weighted by Crippen LogP contribution is 2.26. The smallest absolute Gasteiger partial charge is 0.475 e. The number of carbonyl (C=O) groups is 4. The molecule has 198 valence electrons. The van der Waals surface area contributed by atoms with E-state index in [1.807, 2.05) is 0 Å². The first-order chi connectivity index (χ1) is 16.4. The largest absolute Gasteiger partial charge is 0.490 e. The van der Waals surface area contributed by atoms with Crippen molar-refractivity contribution in [2.45, 2.75) is 45.8 Å². The van der Waals surface area contributed by atoms with E-state index in [0.29, 0.717) is 5.58 Å². The predicted molar refractivity (Wildman–Crippen MR) is 120 cm³/mol. The Kier molecular flexibility index (Phi) is 10.2. The summed E-state index contributed by atoms with van der Waals surface area (Å²) in [5.74, 6) is -4.21. The average Bonchev–Trinajstić information content (AvgIpc) is 2.72. The van der Waals surface area contributed by atoms with Gasteiger partial charge < -0.3 is 31.0 Å². The fraction of sp³-hybridized carbons (Fsp3) is 0.409. The van der Waals surface area contributed by atoms with Crippen LogP contribution in [-0.2, 0) is 19.2 Å². The van der Waals surface area contributed by atoms with Crippen LogP contribution in [0.1, 0.15) is 32.3 Å². The van der Waals surface area contributed by atoms with Gasteiger partial charge in [0.15, 0.2) is 0 Å². The van der Waals surface area contributed by atoms with Crippen molar-refractivity contribution >= 4 is 34.7 Å². The molecule has 0 saturated heterocycles. The van der Waals surface area contributed by atoms with Crippen molar-refractivity contribution in [1.29, 1.82) is 0 Å². The number of benzene rings is 1. The van der Waals surface area contributed by atoms with Gasteiger partial charge in [-0.2, -0.15) is 13.2 Å². The van der Waals surface area contributed by atoms with Gasteiger partial charge in [-0.05, 0) is 44.9 Å². The van der Waals surface area contributed by atoms with Crippen LogP contribution in [0.5, 0.6) is 5.75 Å². The van der Waals surface area contributed by atoms with Crippen molar-refractivity contribution in [3.05, 3.63) is 40.2 Å². The maximum Gasteiger partial charge on any atom is 0.490 e. The predicted octanol–water partition coefficient (Wildman–Crippen LogP) is 1.38. The van der Waals surface area contributed by atoms with Crippen LogP contribution in [-0.4, -0.2) is 47.6 Å². The number of primary amides is 1. The quantitative estimate of drug-likeness (QED) is 0.227. The summed E-state index contributed by atoms with van der Waals surface area (Å²) in [6, 6.07) is 5.18. The summed E-state index contributed by atoms with van der Waals surface area (Å²) in [6.07, 6.45) is -5.06. The Bertz CT molecular complexity index is 1190. The molecule has 1 atom stereocenters. The second-order valence-corrected chi connectivity index (χ2v) is 8.30.